The van der Waals surface area contributed by atoms with Gasteiger partial charge in [0.05, 0.1) is 33.0 Å². The molecule has 0 radical (unpaired) electrons. The number of aromatic hydroxyl groups is 1. The number of anilines is 1. The normalized spacial score (nSPS) is 24.9. The standard InChI is InChI=1S/C33H39F2N5O5/c1-36-31(43-2)28-29(25(35)16-21-15-22(41)14-20-6-3-7-24(34)27(20)21)38-32(39-30(28)40-12-13-44-18-23(42)17-40)45-19-33-9-4-8-26(33)37-11-5-10-33/h3,6-7,14-15,23,26,37,41-42H,1,4-5,8-13,16-19H2,2H3/b29-25-,31-28-. The summed E-state index contributed by atoms with van der Waals surface area (Å²) in [5, 5.41) is 25.2. The van der Waals surface area contributed by atoms with Crippen molar-refractivity contribution in [3.8, 4) is 11.8 Å². The molecule has 240 valence electrons. The van der Waals surface area contributed by atoms with Crippen molar-refractivity contribution in [1.29, 1.82) is 0 Å². The molecule has 2 aromatic carbocycles. The van der Waals surface area contributed by atoms with E-state index >= 15 is 8.78 Å². The van der Waals surface area contributed by atoms with Gasteiger partial charge in [-0.25, -0.2) is 13.8 Å². The van der Waals surface area contributed by atoms with Crippen LogP contribution in [0.25, 0.3) is 22.5 Å². The van der Waals surface area contributed by atoms with Crippen LogP contribution in [0.1, 0.15) is 37.7 Å². The van der Waals surface area contributed by atoms with E-state index in [4.69, 9.17) is 19.2 Å². The van der Waals surface area contributed by atoms with Gasteiger partial charge in [-0.2, -0.15) is 9.97 Å². The number of aliphatic hydroxyl groups excluding tert-OH is 1. The molecule has 12 heteroatoms. The topological polar surface area (TPSA) is 122 Å². The van der Waals surface area contributed by atoms with Gasteiger partial charge in [0.1, 0.15) is 33.8 Å². The number of phenolic OH excluding ortho intramolecular Hbond substituents is 1. The minimum absolute atomic E-state index is 0.0285. The smallest absolute Gasteiger partial charge is 0.319 e. The number of phenols is 1. The summed E-state index contributed by atoms with van der Waals surface area (Å²) in [5.74, 6) is -1.18. The number of aliphatic imine (C=N–C) groups is 1. The molecule has 3 unspecified atom stereocenters. The Balaban J connectivity index is 1.53. The number of nitrogens with one attached hydrogen (secondary N) is 1. The van der Waals surface area contributed by atoms with E-state index in [1.165, 1.54) is 31.4 Å². The van der Waals surface area contributed by atoms with Crippen LogP contribution in [0.15, 0.2) is 35.3 Å². The molecule has 3 fully saturated rings. The largest absolute Gasteiger partial charge is 0.508 e. The van der Waals surface area contributed by atoms with Crippen LogP contribution < -0.4 is 25.5 Å². The Morgan fingerprint density at radius 1 is 1.27 bits per heavy atom. The van der Waals surface area contributed by atoms with Gasteiger partial charge in [0.15, 0.2) is 0 Å². The molecule has 3 N–H and O–H groups in total. The van der Waals surface area contributed by atoms with Crippen molar-refractivity contribution in [3.05, 3.63) is 52.3 Å². The van der Waals surface area contributed by atoms with E-state index in [-0.39, 0.29) is 63.5 Å². The van der Waals surface area contributed by atoms with Crippen molar-refractivity contribution in [1.82, 2.24) is 15.3 Å². The number of rotatable bonds is 8. The minimum Gasteiger partial charge on any atom is -0.508 e. The number of aliphatic hydroxyl groups is 1. The van der Waals surface area contributed by atoms with Gasteiger partial charge in [0.25, 0.3) is 0 Å². The Labute approximate surface area is 260 Å². The number of β-amino-alcohol motifs (C(OH)–C–C–N with tert-alkyl or cyclic N) is 1. The maximum Gasteiger partial charge on any atom is 0.319 e. The lowest BCUT2D eigenvalue weighted by Gasteiger charge is -2.39. The number of hydrogen-bond donors (Lipinski definition) is 3. The first-order chi connectivity index (χ1) is 21.8. The average molecular weight is 624 g/mol. The summed E-state index contributed by atoms with van der Waals surface area (Å²) in [6.45, 7) is 5.88. The van der Waals surface area contributed by atoms with Crippen molar-refractivity contribution in [2.75, 3.05) is 51.5 Å². The summed E-state index contributed by atoms with van der Waals surface area (Å²) in [6, 6.07) is 7.55. The number of benzene rings is 2. The van der Waals surface area contributed by atoms with Crippen molar-refractivity contribution in [2.45, 2.75) is 50.7 Å². The quantitative estimate of drug-likeness (QED) is 0.325. The second-order valence-electron chi connectivity index (χ2n) is 12.1. The fourth-order valence-corrected chi connectivity index (χ4v) is 7.11. The Kier molecular flexibility index (Phi) is 9.16. The fraction of sp³-hybridized carbons (Fsp3) is 0.485. The minimum atomic E-state index is -0.826. The van der Waals surface area contributed by atoms with Gasteiger partial charge in [-0.15, -0.1) is 0 Å². The van der Waals surface area contributed by atoms with Gasteiger partial charge < -0.3 is 34.6 Å². The molecule has 1 aliphatic carbocycles. The zero-order valence-electron chi connectivity index (χ0n) is 25.4. The number of nitrogens with zero attached hydrogens (tertiary/aromatic N) is 4. The number of aromatic nitrogens is 2. The van der Waals surface area contributed by atoms with Gasteiger partial charge in [0, 0.05) is 36.4 Å². The van der Waals surface area contributed by atoms with E-state index in [0.29, 0.717) is 31.2 Å². The molecule has 1 aromatic heterocycles. The molecule has 0 spiro atoms. The molecule has 2 saturated heterocycles. The Morgan fingerprint density at radius 2 is 2.11 bits per heavy atom. The summed E-state index contributed by atoms with van der Waals surface area (Å²) in [5.41, 5.74) is 0.166. The second-order valence-corrected chi connectivity index (χ2v) is 12.1. The number of halogens is 2. The summed E-state index contributed by atoms with van der Waals surface area (Å²) in [4.78, 5) is 15.1. The number of methoxy groups -OCH3 is 1. The van der Waals surface area contributed by atoms with Crippen molar-refractivity contribution >= 4 is 35.0 Å². The Morgan fingerprint density at radius 3 is 2.93 bits per heavy atom. The van der Waals surface area contributed by atoms with Gasteiger partial charge >= 0.3 is 6.01 Å². The van der Waals surface area contributed by atoms with Crippen LogP contribution in [-0.4, -0.2) is 85.6 Å². The van der Waals surface area contributed by atoms with Crippen LogP contribution in [0.3, 0.4) is 0 Å². The van der Waals surface area contributed by atoms with Crippen molar-refractivity contribution in [2.24, 2.45) is 10.4 Å². The van der Waals surface area contributed by atoms with E-state index < -0.39 is 24.2 Å². The Bertz CT molecular complexity index is 1700. The highest BCUT2D eigenvalue weighted by Gasteiger charge is 2.45. The lowest BCUT2D eigenvalue weighted by Crippen LogP contribution is -2.49. The molecule has 1 saturated carbocycles. The molecule has 45 heavy (non-hydrogen) atoms. The maximum absolute atomic E-state index is 16.7. The van der Waals surface area contributed by atoms with E-state index in [1.807, 2.05) is 0 Å². The molecule has 2 aliphatic heterocycles. The van der Waals surface area contributed by atoms with Crippen molar-refractivity contribution in [3.63, 3.8) is 0 Å². The molecule has 3 heterocycles. The SMILES string of the molecule is C=N/C(OC)=c1/c(N2CCOCC(O)C2)nc(OCC23CCCNC2CCC3)n/c1=C(\F)Cc1cc(O)cc2cccc(F)c12. The number of piperidine rings is 1. The van der Waals surface area contributed by atoms with Crippen LogP contribution in [0.5, 0.6) is 11.8 Å². The highest BCUT2D eigenvalue weighted by Crippen LogP contribution is 2.44. The van der Waals surface area contributed by atoms with Crippen LogP contribution in [0.2, 0.25) is 0 Å². The molecular weight excluding hydrogens is 584 g/mol. The van der Waals surface area contributed by atoms with E-state index in [9.17, 15) is 10.2 Å². The van der Waals surface area contributed by atoms with E-state index in [2.05, 4.69) is 22.0 Å². The average Bonchev–Trinajstić information content (AvgIpc) is 3.34. The van der Waals surface area contributed by atoms with Crippen LogP contribution in [0, 0.1) is 11.2 Å². The monoisotopic (exact) mass is 623 g/mol. The molecular formula is C33H39F2N5O5. The first kappa shape index (κ1) is 31.1. The highest BCUT2D eigenvalue weighted by atomic mass is 19.1. The fourth-order valence-electron chi connectivity index (χ4n) is 7.11. The first-order valence-electron chi connectivity index (χ1n) is 15.4. The van der Waals surface area contributed by atoms with Crippen molar-refractivity contribution < 1.29 is 33.2 Å². The van der Waals surface area contributed by atoms with Gasteiger partial charge in [-0.05, 0) is 68.1 Å². The summed E-state index contributed by atoms with van der Waals surface area (Å²) < 4.78 is 49.2. The molecule has 0 amide bonds. The molecule has 0 bridgehead atoms. The number of ether oxygens (including phenoxy) is 3. The third-order valence-corrected chi connectivity index (χ3v) is 9.20. The van der Waals surface area contributed by atoms with Gasteiger partial charge in [0.2, 0.25) is 5.88 Å². The maximum atomic E-state index is 16.7. The third kappa shape index (κ3) is 6.31. The second kappa shape index (κ2) is 13.2. The third-order valence-electron chi connectivity index (χ3n) is 9.20. The Hall–Kier alpha value is -3.87. The van der Waals surface area contributed by atoms with Crippen LogP contribution in [-0.2, 0) is 15.9 Å². The molecule has 10 nitrogen and oxygen atoms in total. The lowest BCUT2D eigenvalue weighted by atomic mass is 9.76. The molecule has 3 aromatic rings. The molecule has 3 atom stereocenters. The first-order valence-corrected chi connectivity index (χ1v) is 15.4. The summed E-state index contributed by atoms with van der Waals surface area (Å²) >= 11 is 0. The van der Waals surface area contributed by atoms with Gasteiger partial charge in [-0.1, -0.05) is 18.6 Å². The van der Waals surface area contributed by atoms with E-state index in [0.717, 1.165) is 38.6 Å². The van der Waals surface area contributed by atoms with Crippen LogP contribution >= 0.6 is 0 Å². The van der Waals surface area contributed by atoms with Gasteiger partial charge in [-0.3, -0.25) is 0 Å². The van der Waals surface area contributed by atoms with E-state index in [1.54, 1.807) is 11.0 Å². The highest BCUT2D eigenvalue weighted by molar-refractivity contribution is 5.88. The van der Waals surface area contributed by atoms with Crippen LogP contribution in [0.4, 0.5) is 14.6 Å². The number of fused-ring (bicyclic) bond motifs is 2. The zero-order valence-corrected chi connectivity index (χ0v) is 25.4. The predicted octanol–water partition coefficient (Wildman–Crippen LogP) is 2.71. The predicted molar refractivity (Wildman–Crippen MR) is 167 cm³/mol. The summed E-state index contributed by atoms with van der Waals surface area (Å²) in [6.07, 6.45) is 4.00. The number of hydrogen-bond acceptors (Lipinski definition) is 10. The zero-order chi connectivity index (χ0) is 31.6. The molecule has 6 rings (SSSR count). The molecule has 3 aliphatic rings. The summed E-state index contributed by atoms with van der Waals surface area (Å²) in [7, 11) is 1.38. The lowest BCUT2D eigenvalue weighted by molar-refractivity contribution is 0.0597.